The van der Waals surface area contributed by atoms with Gasteiger partial charge in [0.1, 0.15) is 0 Å². The van der Waals surface area contributed by atoms with E-state index in [2.05, 4.69) is 17.0 Å². The van der Waals surface area contributed by atoms with Crippen molar-refractivity contribution in [3.05, 3.63) is 66.2 Å². The summed E-state index contributed by atoms with van der Waals surface area (Å²) >= 11 is 0. The Morgan fingerprint density at radius 2 is 1.57 bits per heavy atom. The lowest BCUT2D eigenvalue weighted by atomic mass is 9.61. The fourth-order valence-corrected chi connectivity index (χ4v) is 6.70. The molecule has 0 bridgehead atoms. The molecule has 0 aromatic heterocycles. The molecule has 3 fully saturated rings. The average Bonchev–Trinajstić information content (AvgIpc) is 3.49. The number of hydrogen-bond donors (Lipinski definition) is 1. The number of benzene rings is 2. The predicted molar refractivity (Wildman–Crippen MR) is 107 cm³/mol. The topological polar surface area (TPSA) is 60.9 Å². The highest BCUT2D eigenvalue weighted by Crippen LogP contribution is 2.55. The summed E-state index contributed by atoms with van der Waals surface area (Å²) in [5.41, 5.74) is 1.00. The minimum Gasteiger partial charge on any atom is -0.395 e. The standard InChI is InChI=1S/C22H26N2O3S/c25-14-20-21(18-7-3-1-4-8-18)22(24(20)13-17-11-12-17)15-23(16-22)28(26,27)19-9-5-2-6-10-19/h1-10,17,20-21,25H,11-16H2/t20-,21-/m0/s1. The van der Waals surface area contributed by atoms with E-state index in [1.165, 1.54) is 18.4 Å². The van der Waals surface area contributed by atoms with Crippen molar-refractivity contribution in [2.24, 2.45) is 5.92 Å². The van der Waals surface area contributed by atoms with Gasteiger partial charge in [0.15, 0.2) is 0 Å². The Balaban J connectivity index is 1.44. The van der Waals surface area contributed by atoms with Crippen molar-refractivity contribution in [1.29, 1.82) is 0 Å². The Kier molecular flexibility index (Phi) is 4.36. The van der Waals surface area contributed by atoms with Crippen molar-refractivity contribution >= 4 is 10.0 Å². The van der Waals surface area contributed by atoms with Crippen LogP contribution >= 0.6 is 0 Å². The molecule has 148 valence electrons. The third-order valence-electron chi connectivity index (χ3n) is 6.71. The Hall–Kier alpha value is -1.73. The fourth-order valence-electron chi connectivity index (χ4n) is 5.11. The van der Waals surface area contributed by atoms with Gasteiger partial charge in [0.05, 0.1) is 17.0 Å². The molecule has 1 aliphatic carbocycles. The average molecular weight is 399 g/mol. The molecule has 0 amide bonds. The van der Waals surface area contributed by atoms with Crippen LogP contribution in [0.4, 0.5) is 0 Å². The Morgan fingerprint density at radius 3 is 2.14 bits per heavy atom. The number of likely N-dealkylation sites (tertiary alicyclic amines) is 1. The van der Waals surface area contributed by atoms with E-state index in [1.807, 2.05) is 24.3 Å². The minimum absolute atomic E-state index is 0.0737. The van der Waals surface area contributed by atoms with Crippen LogP contribution in [0.5, 0.6) is 0 Å². The lowest BCUT2D eigenvalue weighted by Gasteiger charge is -2.70. The lowest BCUT2D eigenvalue weighted by Crippen LogP contribution is -2.85. The van der Waals surface area contributed by atoms with Crippen molar-refractivity contribution in [3.63, 3.8) is 0 Å². The Morgan fingerprint density at radius 1 is 0.964 bits per heavy atom. The van der Waals surface area contributed by atoms with Gasteiger partial charge in [-0.15, -0.1) is 0 Å². The first kappa shape index (κ1) is 18.3. The van der Waals surface area contributed by atoms with Gasteiger partial charge in [-0.1, -0.05) is 48.5 Å². The van der Waals surface area contributed by atoms with Gasteiger partial charge in [-0.25, -0.2) is 8.42 Å². The molecule has 2 atom stereocenters. The molecule has 5 nitrogen and oxygen atoms in total. The molecule has 2 aliphatic heterocycles. The molecule has 2 heterocycles. The molecule has 0 unspecified atom stereocenters. The van der Waals surface area contributed by atoms with Gasteiger partial charge in [-0.05, 0) is 36.5 Å². The van der Waals surface area contributed by atoms with Crippen LogP contribution in [0.3, 0.4) is 0 Å². The first-order valence-corrected chi connectivity index (χ1v) is 11.5. The van der Waals surface area contributed by atoms with Crippen LogP contribution in [0.15, 0.2) is 65.6 Å². The monoisotopic (exact) mass is 398 g/mol. The zero-order chi connectivity index (χ0) is 19.4. The molecule has 1 spiro atoms. The molecular weight excluding hydrogens is 372 g/mol. The summed E-state index contributed by atoms with van der Waals surface area (Å²) in [6, 6.07) is 19.0. The van der Waals surface area contributed by atoms with Crippen LogP contribution in [-0.2, 0) is 10.0 Å². The van der Waals surface area contributed by atoms with Gasteiger partial charge in [-0.3, -0.25) is 4.90 Å². The van der Waals surface area contributed by atoms with Gasteiger partial charge in [-0.2, -0.15) is 4.31 Å². The number of aliphatic hydroxyl groups excluding tert-OH is 1. The number of nitrogens with zero attached hydrogens (tertiary/aromatic N) is 2. The van der Waals surface area contributed by atoms with E-state index in [4.69, 9.17) is 0 Å². The van der Waals surface area contributed by atoms with E-state index in [-0.39, 0.29) is 24.1 Å². The summed E-state index contributed by atoms with van der Waals surface area (Å²) < 4.78 is 27.7. The Bertz CT molecular complexity index is 938. The molecule has 2 saturated heterocycles. The van der Waals surface area contributed by atoms with Crippen molar-refractivity contribution in [1.82, 2.24) is 9.21 Å². The van der Waals surface area contributed by atoms with Crippen LogP contribution in [0.2, 0.25) is 0 Å². The maximum Gasteiger partial charge on any atom is 0.243 e. The van der Waals surface area contributed by atoms with Gasteiger partial charge >= 0.3 is 0 Å². The highest BCUT2D eigenvalue weighted by atomic mass is 32.2. The Labute approximate surface area is 166 Å². The predicted octanol–water partition coefficient (Wildman–Crippen LogP) is 2.30. The van der Waals surface area contributed by atoms with Crippen molar-refractivity contribution in [2.45, 2.75) is 35.2 Å². The highest BCUT2D eigenvalue weighted by molar-refractivity contribution is 7.89. The van der Waals surface area contributed by atoms with Crippen LogP contribution in [-0.4, -0.2) is 60.6 Å². The summed E-state index contributed by atoms with van der Waals surface area (Å²) in [4.78, 5) is 2.76. The lowest BCUT2D eigenvalue weighted by molar-refractivity contribution is -0.172. The first-order chi connectivity index (χ1) is 13.6. The van der Waals surface area contributed by atoms with E-state index in [0.29, 0.717) is 23.9 Å². The molecule has 1 saturated carbocycles. The van der Waals surface area contributed by atoms with Crippen LogP contribution in [0.1, 0.15) is 24.3 Å². The number of sulfonamides is 1. The largest absolute Gasteiger partial charge is 0.395 e. The van der Waals surface area contributed by atoms with Crippen molar-refractivity contribution < 1.29 is 13.5 Å². The third-order valence-corrected chi connectivity index (χ3v) is 8.52. The maximum absolute atomic E-state index is 13.0. The summed E-state index contributed by atoms with van der Waals surface area (Å²) in [7, 11) is -3.47. The second-order valence-corrected chi connectivity index (χ2v) is 10.4. The molecule has 3 aliphatic rings. The first-order valence-electron chi connectivity index (χ1n) is 10.0. The van der Waals surface area contributed by atoms with Crippen LogP contribution < -0.4 is 0 Å². The van der Waals surface area contributed by atoms with Crippen molar-refractivity contribution in [3.8, 4) is 0 Å². The quantitative estimate of drug-likeness (QED) is 0.811. The molecule has 2 aromatic carbocycles. The second kappa shape index (κ2) is 6.66. The van der Waals surface area contributed by atoms with E-state index in [9.17, 15) is 13.5 Å². The van der Waals surface area contributed by atoms with Crippen LogP contribution in [0, 0.1) is 5.92 Å². The number of rotatable bonds is 6. The van der Waals surface area contributed by atoms with Gasteiger partial charge < -0.3 is 5.11 Å². The molecule has 1 N–H and O–H groups in total. The SMILES string of the molecule is O=S(=O)(c1ccccc1)N1CC2(C1)[C@@H](c1ccccc1)[C@H](CO)N2CC1CC1. The summed E-state index contributed by atoms with van der Waals surface area (Å²) in [6.07, 6.45) is 2.49. The van der Waals surface area contributed by atoms with Gasteiger partial charge in [0.2, 0.25) is 10.0 Å². The summed E-state index contributed by atoms with van der Waals surface area (Å²) in [6.45, 7) is 2.06. The highest BCUT2D eigenvalue weighted by Gasteiger charge is 2.67. The molecule has 0 radical (unpaired) electrons. The van der Waals surface area contributed by atoms with Crippen LogP contribution in [0.25, 0.3) is 0 Å². The maximum atomic E-state index is 13.0. The summed E-state index contributed by atoms with van der Waals surface area (Å²) in [5, 5.41) is 10.1. The fraction of sp³-hybridized carbons (Fsp3) is 0.455. The minimum atomic E-state index is -3.47. The zero-order valence-corrected chi connectivity index (χ0v) is 16.6. The number of hydrogen-bond acceptors (Lipinski definition) is 4. The smallest absolute Gasteiger partial charge is 0.243 e. The molecule has 28 heavy (non-hydrogen) atoms. The molecule has 5 rings (SSSR count). The zero-order valence-electron chi connectivity index (χ0n) is 15.8. The molecule has 6 heteroatoms. The van der Waals surface area contributed by atoms with Crippen molar-refractivity contribution in [2.75, 3.05) is 26.2 Å². The van der Waals surface area contributed by atoms with E-state index >= 15 is 0 Å². The van der Waals surface area contributed by atoms with E-state index in [1.54, 1.807) is 28.6 Å². The molecular formula is C22H26N2O3S. The third kappa shape index (κ3) is 2.74. The second-order valence-electron chi connectivity index (χ2n) is 8.42. The summed E-state index contributed by atoms with van der Waals surface area (Å²) in [5.74, 6) is 0.863. The van der Waals surface area contributed by atoms with E-state index in [0.717, 1.165) is 6.54 Å². The number of aliphatic hydroxyl groups is 1. The molecule has 2 aromatic rings. The normalized spacial score (nSPS) is 27.3. The van der Waals surface area contributed by atoms with Gasteiger partial charge in [0.25, 0.3) is 0 Å². The van der Waals surface area contributed by atoms with E-state index < -0.39 is 10.0 Å². The van der Waals surface area contributed by atoms with Gasteiger partial charge in [0, 0.05) is 31.6 Å².